The summed E-state index contributed by atoms with van der Waals surface area (Å²) in [5, 5.41) is 8.34. The first kappa shape index (κ1) is 18.3. The summed E-state index contributed by atoms with van der Waals surface area (Å²) < 4.78 is 0. The molecule has 1 aliphatic rings. The summed E-state index contributed by atoms with van der Waals surface area (Å²) in [7, 11) is 0. The third kappa shape index (κ3) is 4.40. The molecular weight excluding hydrogens is 370 g/mol. The number of thioether (sulfide) groups is 1. The molecule has 0 saturated carbocycles. The highest BCUT2D eigenvalue weighted by Gasteiger charge is 2.23. The zero-order chi connectivity index (χ0) is 19.3. The van der Waals surface area contributed by atoms with Crippen LogP contribution >= 0.6 is 11.8 Å². The van der Waals surface area contributed by atoms with E-state index in [2.05, 4.69) is 15.6 Å². The second kappa shape index (κ2) is 8.27. The van der Waals surface area contributed by atoms with Gasteiger partial charge in [-0.15, -0.1) is 0 Å². The Labute approximate surface area is 167 Å². The Morgan fingerprint density at radius 2 is 1.79 bits per heavy atom. The van der Waals surface area contributed by atoms with Gasteiger partial charge in [0.2, 0.25) is 11.8 Å². The molecule has 1 heterocycles. The Morgan fingerprint density at radius 3 is 2.61 bits per heavy atom. The van der Waals surface area contributed by atoms with Gasteiger partial charge in [-0.2, -0.15) is 0 Å². The van der Waals surface area contributed by atoms with Gasteiger partial charge in [-0.05, 0) is 28.5 Å². The van der Waals surface area contributed by atoms with E-state index >= 15 is 0 Å². The minimum absolute atomic E-state index is 0.0821. The van der Waals surface area contributed by atoms with Crippen molar-refractivity contribution >= 4 is 45.2 Å². The lowest BCUT2D eigenvalue weighted by atomic mass is 10.0. The highest BCUT2D eigenvalue weighted by molar-refractivity contribution is 8.14. The van der Waals surface area contributed by atoms with Crippen molar-refractivity contribution in [3.8, 4) is 0 Å². The second-order valence-electron chi connectivity index (χ2n) is 6.51. The lowest BCUT2D eigenvalue weighted by Crippen LogP contribution is -2.35. The van der Waals surface area contributed by atoms with E-state index in [0.717, 1.165) is 22.0 Å². The van der Waals surface area contributed by atoms with Gasteiger partial charge in [0.05, 0.1) is 18.2 Å². The Bertz CT molecular complexity index is 1050. The van der Waals surface area contributed by atoms with E-state index < -0.39 is 0 Å². The third-order valence-corrected chi connectivity index (χ3v) is 5.34. The molecule has 0 fully saturated rings. The van der Waals surface area contributed by atoms with Crippen LogP contribution in [0, 0.1) is 0 Å². The predicted octanol–water partition coefficient (Wildman–Crippen LogP) is 4.13. The van der Waals surface area contributed by atoms with Crippen LogP contribution < -0.4 is 10.6 Å². The molecule has 1 aliphatic heterocycles. The van der Waals surface area contributed by atoms with Crippen LogP contribution in [0.1, 0.15) is 18.0 Å². The molecule has 3 aromatic rings. The molecule has 2 N–H and O–H groups in total. The fraction of sp³-hybridized carbons (Fsp3) is 0.136. The summed E-state index contributed by atoms with van der Waals surface area (Å²) in [6.07, 6.45) is 0.317. The zero-order valence-corrected chi connectivity index (χ0v) is 15.9. The Hall–Kier alpha value is -3.12. The average molecular weight is 389 g/mol. The molecule has 0 bridgehead atoms. The second-order valence-corrected chi connectivity index (χ2v) is 7.48. The van der Waals surface area contributed by atoms with Crippen LogP contribution in [0.4, 0.5) is 5.69 Å². The molecule has 4 rings (SSSR count). The van der Waals surface area contributed by atoms with Crippen molar-refractivity contribution in [3.05, 3.63) is 78.4 Å². The highest BCUT2D eigenvalue weighted by atomic mass is 32.2. The van der Waals surface area contributed by atoms with Crippen LogP contribution in [0.3, 0.4) is 0 Å². The van der Waals surface area contributed by atoms with E-state index in [1.54, 1.807) is 0 Å². The quantitative estimate of drug-likeness (QED) is 0.705. The summed E-state index contributed by atoms with van der Waals surface area (Å²) in [6, 6.07) is 23.3. The largest absolute Gasteiger partial charge is 0.325 e. The van der Waals surface area contributed by atoms with Crippen molar-refractivity contribution in [1.82, 2.24) is 5.32 Å². The molecule has 5 nitrogen and oxygen atoms in total. The number of carbonyl (C=O) groups is 2. The Balaban J connectivity index is 1.39. The molecule has 140 valence electrons. The molecule has 0 aliphatic carbocycles. The van der Waals surface area contributed by atoms with E-state index in [-0.39, 0.29) is 23.6 Å². The molecule has 0 spiro atoms. The predicted molar refractivity (Wildman–Crippen MR) is 114 cm³/mol. The number of nitrogens with zero attached hydrogens (tertiary/aromatic N) is 1. The molecule has 0 aromatic heterocycles. The maximum atomic E-state index is 12.3. The fourth-order valence-electron chi connectivity index (χ4n) is 3.10. The van der Waals surface area contributed by atoms with Crippen molar-refractivity contribution in [2.45, 2.75) is 12.5 Å². The van der Waals surface area contributed by atoms with Gasteiger partial charge >= 0.3 is 0 Å². The molecule has 3 aromatic carbocycles. The minimum Gasteiger partial charge on any atom is -0.325 e. The lowest BCUT2D eigenvalue weighted by molar-refractivity contribution is -0.120. The molecule has 2 amide bonds. The first-order chi connectivity index (χ1) is 13.7. The van der Waals surface area contributed by atoms with Crippen LogP contribution in [0.25, 0.3) is 10.8 Å². The smallest absolute Gasteiger partial charge is 0.234 e. The molecular formula is C22H19N3O2S. The van der Waals surface area contributed by atoms with Gasteiger partial charge in [-0.3, -0.25) is 14.6 Å². The van der Waals surface area contributed by atoms with E-state index in [4.69, 9.17) is 0 Å². The van der Waals surface area contributed by atoms with Crippen molar-refractivity contribution < 1.29 is 9.59 Å². The highest BCUT2D eigenvalue weighted by Crippen LogP contribution is 2.25. The van der Waals surface area contributed by atoms with Gasteiger partial charge in [0, 0.05) is 5.69 Å². The monoisotopic (exact) mass is 389 g/mol. The van der Waals surface area contributed by atoms with Crippen LogP contribution in [-0.4, -0.2) is 22.7 Å². The van der Waals surface area contributed by atoms with E-state index in [9.17, 15) is 9.59 Å². The number of fused-ring (bicyclic) bond motifs is 1. The number of hydrogen-bond donors (Lipinski definition) is 2. The lowest BCUT2D eigenvalue weighted by Gasteiger charge is -2.20. The Morgan fingerprint density at radius 1 is 1.04 bits per heavy atom. The molecule has 0 unspecified atom stereocenters. The first-order valence-electron chi connectivity index (χ1n) is 9.01. The van der Waals surface area contributed by atoms with Gasteiger partial charge in [0.25, 0.3) is 0 Å². The SMILES string of the molecule is O=C1C[C@H](c2ccccc2)N=C(SCC(=O)Nc2ccc3ccccc3c2)N1. The zero-order valence-electron chi connectivity index (χ0n) is 15.1. The third-order valence-electron chi connectivity index (χ3n) is 4.46. The number of hydrogen-bond acceptors (Lipinski definition) is 4. The van der Waals surface area contributed by atoms with Gasteiger partial charge in [-0.25, -0.2) is 0 Å². The van der Waals surface area contributed by atoms with Gasteiger partial charge in [0.1, 0.15) is 0 Å². The van der Waals surface area contributed by atoms with Crippen LogP contribution in [0.15, 0.2) is 77.8 Å². The summed E-state index contributed by atoms with van der Waals surface area (Å²) in [6.45, 7) is 0. The number of amidine groups is 1. The fourth-order valence-corrected chi connectivity index (χ4v) is 3.83. The summed E-state index contributed by atoms with van der Waals surface area (Å²) in [4.78, 5) is 28.9. The number of carbonyl (C=O) groups excluding carboxylic acids is 2. The molecule has 0 saturated heterocycles. The summed E-state index contributed by atoms with van der Waals surface area (Å²) >= 11 is 1.24. The summed E-state index contributed by atoms with van der Waals surface area (Å²) in [5.74, 6) is -0.0478. The molecule has 6 heteroatoms. The number of aliphatic imine (C=N–C) groups is 1. The number of nitrogens with one attached hydrogen (secondary N) is 2. The topological polar surface area (TPSA) is 70.6 Å². The van der Waals surface area contributed by atoms with Crippen molar-refractivity contribution in [3.63, 3.8) is 0 Å². The normalized spacial score (nSPS) is 16.4. The van der Waals surface area contributed by atoms with Crippen LogP contribution in [0.5, 0.6) is 0 Å². The van der Waals surface area contributed by atoms with Crippen molar-refractivity contribution in [1.29, 1.82) is 0 Å². The van der Waals surface area contributed by atoms with Crippen molar-refractivity contribution in [2.75, 3.05) is 11.1 Å². The molecule has 28 heavy (non-hydrogen) atoms. The summed E-state index contributed by atoms with van der Waals surface area (Å²) in [5.41, 5.74) is 1.75. The molecule has 1 atom stereocenters. The van der Waals surface area contributed by atoms with Gasteiger partial charge < -0.3 is 10.6 Å². The van der Waals surface area contributed by atoms with Crippen molar-refractivity contribution in [2.24, 2.45) is 4.99 Å². The molecule has 0 radical (unpaired) electrons. The van der Waals surface area contributed by atoms with Gasteiger partial charge in [0.15, 0.2) is 5.17 Å². The minimum atomic E-state index is -0.207. The van der Waals surface area contributed by atoms with E-state index in [1.807, 2.05) is 72.8 Å². The van der Waals surface area contributed by atoms with Crippen LogP contribution in [0.2, 0.25) is 0 Å². The Kier molecular flexibility index (Phi) is 5.39. The number of benzene rings is 3. The number of amides is 2. The maximum absolute atomic E-state index is 12.3. The maximum Gasteiger partial charge on any atom is 0.234 e. The van der Waals surface area contributed by atoms with E-state index in [0.29, 0.717) is 11.6 Å². The van der Waals surface area contributed by atoms with Gasteiger partial charge in [-0.1, -0.05) is 72.4 Å². The first-order valence-corrected chi connectivity index (χ1v) is 10.00. The average Bonchev–Trinajstić information content (AvgIpc) is 2.72. The number of anilines is 1. The van der Waals surface area contributed by atoms with Crippen LogP contribution in [-0.2, 0) is 9.59 Å². The van der Waals surface area contributed by atoms with E-state index in [1.165, 1.54) is 11.8 Å². The number of rotatable bonds is 4. The standard InChI is InChI=1S/C22H19N3O2S/c26-20-13-19(16-7-2-1-3-8-16)24-22(25-20)28-14-21(27)23-18-11-10-15-6-4-5-9-17(15)12-18/h1-12,19H,13-14H2,(H,23,27)(H,24,25,26)/t19-/m1/s1.